The van der Waals surface area contributed by atoms with E-state index >= 15 is 0 Å². The van der Waals surface area contributed by atoms with Crippen LogP contribution in [-0.4, -0.2) is 11.1 Å². The highest BCUT2D eigenvalue weighted by Gasteiger charge is 2.24. The molecule has 0 radical (unpaired) electrons. The molecule has 0 fully saturated rings. The third-order valence-corrected chi connectivity index (χ3v) is 3.29. The molecule has 0 amide bonds. The molecule has 0 bridgehead atoms. The summed E-state index contributed by atoms with van der Waals surface area (Å²) in [4.78, 5) is 10.8. The molecule has 1 unspecified atom stereocenters. The maximum atomic E-state index is 10.8. The number of hydrogen-bond acceptors (Lipinski definition) is 1. The average molecular weight is 220 g/mol. The predicted octanol–water partition coefficient (Wildman–Crippen LogP) is 3.51. The molecule has 0 saturated carbocycles. The highest BCUT2D eigenvalue weighted by molar-refractivity contribution is 5.67. The molecule has 0 spiro atoms. The van der Waals surface area contributed by atoms with Crippen molar-refractivity contribution in [2.45, 2.75) is 39.5 Å². The minimum Gasteiger partial charge on any atom is -0.481 e. The van der Waals surface area contributed by atoms with E-state index in [-0.39, 0.29) is 11.8 Å². The van der Waals surface area contributed by atoms with Gasteiger partial charge in [0, 0.05) is 0 Å². The van der Waals surface area contributed by atoms with E-state index in [4.69, 9.17) is 5.11 Å². The molecule has 0 aliphatic carbocycles. The SMILES string of the molecule is CCC(C)(CCc1ccccc1)CC(=O)O. The van der Waals surface area contributed by atoms with Crippen LogP contribution in [0.2, 0.25) is 0 Å². The zero-order valence-corrected chi connectivity index (χ0v) is 10.1. The Labute approximate surface area is 97.3 Å². The molecule has 88 valence electrons. The normalized spacial score (nSPS) is 14.4. The van der Waals surface area contributed by atoms with Gasteiger partial charge in [-0.2, -0.15) is 0 Å². The summed E-state index contributed by atoms with van der Waals surface area (Å²) in [7, 11) is 0. The molecular weight excluding hydrogens is 200 g/mol. The van der Waals surface area contributed by atoms with Crippen molar-refractivity contribution < 1.29 is 9.90 Å². The molecule has 0 aromatic heterocycles. The van der Waals surface area contributed by atoms with Crippen LogP contribution in [-0.2, 0) is 11.2 Å². The number of rotatable bonds is 6. The van der Waals surface area contributed by atoms with E-state index in [9.17, 15) is 4.79 Å². The predicted molar refractivity (Wildman–Crippen MR) is 65.4 cm³/mol. The molecule has 0 saturated heterocycles. The third-order valence-electron chi connectivity index (χ3n) is 3.29. The van der Waals surface area contributed by atoms with E-state index in [0.717, 1.165) is 19.3 Å². The monoisotopic (exact) mass is 220 g/mol. The summed E-state index contributed by atoms with van der Waals surface area (Å²) >= 11 is 0. The maximum Gasteiger partial charge on any atom is 0.303 e. The molecule has 0 heterocycles. The van der Waals surface area contributed by atoms with Gasteiger partial charge in [-0.05, 0) is 23.8 Å². The standard InChI is InChI=1S/C14H20O2/c1-3-14(2,11-13(15)16)10-9-12-7-5-4-6-8-12/h4-8H,3,9-11H2,1-2H3,(H,15,16). The summed E-state index contributed by atoms with van der Waals surface area (Å²) in [6, 6.07) is 10.2. The zero-order valence-electron chi connectivity index (χ0n) is 10.1. The fraction of sp³-hybridized carbons (Fsp3) is 0.500. The largest absolute Gasteiger partial charge is 0.481 e. The average Bonchev–Trinajstić information content (AvgIpc) is 2.27. The Balaban J connectivity index is 2.54. The molecule has 1 N–H and O–H groups in total. The Bertz CT molecular complexity index is 332. The number of aryl methyl sites for hydroxylation is 1. The van der Waals surface area contributed by atoms with Gasteiger partial charge < -0.3 is 5.11 Å². The second kappa shape index (κ2) is 5.69. The van der Waals surface area contributed by atoms with Crippen molar-refractivity contribution in [1.82, 2.24) is 0 Å². The number of aliphatic carboxylic acids is 1. The smallest absolute Gasteiger partial charge is 0.303 e. The Morgan fingerprint density at radius 3 is 2.44 bits per heavy atom. The van der Waals surface area contributed by atoms with Crippen molar-refractivity contribution in [3.05, 3.63) is 35.9 Å². The van der Waals surface area contributed by atoms with E-state index in [0.29, 0.717) is 0 Å². The van der Waals surface area contributed by atoms with Crippen molar-refractivity contribution in [3.8, 4) is 0 Å². The molecule has 2 heteroatoms. The van der Waals surface area contributed by atoms with Gasteiger partial charge in [-0.3, -0.25) is 4.79 Å². The molecular formula is C14H20O2. The van der Waals surface area contributed by atoms with E-state index in [2.05, 4.69) is 26.0 Å². The van der Waals surface area contributed by atoms with Crippen molar-refractivity contribution in [1.29, 1.82) is 0 Å². The lowest BCUT2D eigenvalue weighted by Gasteiger charge is -2.26. The van der Waals surface area contributed by atoms with Gasteiger partial charge in [-0.15, -0.1) is 0 Å². The number of hydrogen-bond donors (Lipinski definition) is 1. The first-order valence-corrected chi connectivity index (χ1v) is 5.81. The lowest BCUT2D eigenvalue weighted by atomic mass is 9.79. The number of carboxylic acids is 1. The lowest BCUT2D eigenvalue weighted by Crippen LogP contribution is -2.20. The lowest BCUT2D eigenvalue weighted by molar-refractivity contribution is -0.139. The minimum absolute atomic E-state index is 0.0817. The van der Waals surface area contributed by atoms with Gasteiger partial charge in [0.15, 0.2) is 0 Å². The van der Waals surface area contributed by atoms with Crippen LogP contribution in [0.4, 0.5) is 0 Å². The summed E-state index contributed by atoms with van der Waals surface area (Å²) in [6.07, 6.45) is 3.06. The van der Waals surface area contributed by atoms with Crippen molar-refractivity contribution >= 4 is 5.97 Å². The summed E-state index contributed by atoms with van der Waals surface area (Å²) in [5.41, 5.74) is 1.20. The maximum absolute atomic E-state index is 10.8. The molecule has 1 rings (SSSR count). The number of benzene rings is 1. The molecule has 0 aliphatic heterocycles. The van der Waals surface area contributed by atoms with Crippen LogP contribution in [0.1, 0.15) is 38.7 Å². The van der Waals surface area contributed by atoms with Crippen LogP contribution in [0.3, 0.4) is 0 Å². The van der Waals surface area contributed by atoms with Crippen LogP contribution in [0, 0.1) is 5.41 Å². The first kappa shape index (κ1) is 12.8. The summed E-state index contributed by atoms with van der Waals surface area (Å²) in [5, 5.41) is 8.88. The summed E-state index contributed by atoms with van der Waals surface area (Å²) in [6.45, 7) is 4.12. The molecule has 1 aromatic carbocycles. The highest BCUT2D eigenvalue weighted by Crippen LogP contribution is 2.31. The van der Waals surface area contributed by atoms with Gasteiger partial charge in [0.25, 0.3) is 0 Å². The van der Waals surface area contributed by atoms with Gasteiger partial charge in [0.05, 0.1) is 6.42 Å². The van der Waals surface area contributed by atoms with Crippen LogP contribution in [0.25, 0.3) is 0 Å². The van der Waals surface area contributed by atoms with Crippen molar-refractivity contribution in [3.63, 3.8) is 0 Å². The fourth-order valence-corrected chi connectivity index (χ4v) is 1.85. The van der Waals surface area contributed by atoms with E-state index in [1.165, 1.54) is 5.56 Å². The van der Waals surface area contributed by atoms with Crippen LogP contribution >= 0.6 is 0 Å². The first-order chi connectivity index (χ1) is 7.56. The third kappa shape index (κ3) is 4.05. The van der Waals surface area contributed by atoms with Gasteiger partial charge >= 0.3 is 5.97 Å². The number of carbonyl (C=O) groups is 1. The van der Waals surface area contributed by atoms with Crippen LogP contribution in [0.5, 0.6) is 0 Å². The highest BCUT2D eigenvalue weighted by atomic mass is 16.4. The minimum atomic E-state index is -0.697. The van der Waals surface area contributed by atoms with E-state index in [1.807, 2.05) is 18.2 Å². The van der Waals surface area contributed by atoms with Gasteiger partial charge in [0.2, 0.25) is 0 Å². The second-order valence-electron chi connectivity index (χ2n) is 4.72. The van der Waals surface area contributed by atoms with Crippen LogP contribution in [0.15, 0.2) is 30.3 Å². The Kier molecular flexibility index (Phi) is 4.53. The summed E-state index contributed by atoms with van der Waals surface area (Å²) < 4.78 is 0. The Morgan fingerprint density at radius 2 is 1.94 bits per heavy atom. The second-order valence-corrected chi connectivity index (χ2v) is 4.72. The zero-order chi connectivity index (χ0) is 12.0. The molecule has 2 nitrogen and oxygen atoms in total. The molecule has 1 aromatic rings. The molecule has 1 atom stereocenters. The topological polar surface area (TPSA) is 37.3 Å². The van der Waals surface area contributed by atoms with Crippen molar-refractivity contribution in [2.24, 2.45) is 5.41 Å². The number of carboxylic acid groups (broad SMARTS) is 1. The Hall–Kier alpha value is -1.31. The van der Waals surface area contributed by atoms with Crippen LogP contribution < -0.4 is 0 Å². The van der Waals surface area contributed by atoms with Crippen molar-refractivity contribution in [2.75, 3.05) is 0 Å². The van der Waals surface area contributed by atoms with Gasteiger partial charge in [-0.1, -0.05) is 50.6 Å². The van der Waals surface area contributed by atoms with Gasteiger partial charge in [-0.25, -0.2) is 0 Å². The first-order valence-electron chi connectivity index (χ1n) is 5.81. The summed E-state index contributed by atoms with van der Waals surface area (Å²) in [5.74, 6) is -0.697. The molecule has 0 aliphatic rings. The van der Waals surface area contributed by atoms with E-state index < -0.39 is 5.97 Å². The van der Waals surface area contributed by atoms with Gasteiger partial charge in [0.1, 0.15) is 0 Å². The molecule has 16 heavy (non-hydrogen) atoms. The quantitative estimate of drug-likeness (QED) is 0.796. The Morgan fingerprint density at radius 1 is 1.31 bits per heavy atom. The fourth-order valence-electron chi connectivity index (χ4n) is 1.85. The van der Waals surface area contributed by atoms with E-state index in [1.54, 1.807) is 0 Å².